The zero-order chi connectivity index (χ0) is 15.0. The molecule has 0 saturated heterocycles. The van der Waals surface area contributed by atoms with E-state index in [1.54, 1.807) is 5.56 Å². The van der Waals surface area contributed by atoms with Crippen LogP contribution in [0.15, 0.2) is 29.2 Å². The molecule has 3 rings (SSSR count). The number of hydrogen-bond acceptors (Lipinski definition) is 1. The van der Waals surface area contributed by atoms with E-state index in [9.17, 15) is 0 Å². The summed E-state index contributed by atoms with van der Waals surface area (Å²) in [7, 11) is 0. The largest absolute Gasteiger partial charge is 0.123 e. The van der Waals surface area contributed by atoms with Gasteiger partial charge in [0.05, 0.1) is 0 Å². The molecule has 0 spiro atoms. The van der Waals surface area contributed by atoms with E-state index in [2.05, 4.69) is 56.8 Å². The Morgan fingerprint density at radius 1 is 1.24 bits per heavy atom. The summed E-state index contributed by atoms with van der Waals surface area (Å²) in [5, 5.41) is 1.11. The molecule has 4 atom stereocenters. The number of hydrogen-bond donors (Lipinski definition) is 0. The quantitative estimate of drug-likeness (QED) is 0.600. The first kappa shape index (κ1) is 15.7. The smallest absolute Gasteiger partial charge is 0.0371 e. The van der Waals surface area contributed by atoms with Gasteiger partial charge in [-0.15, -0.1) is 23.4 Å². The van der Waals surface area contributed by atoms with Crippen LogP contribution in [0.2, 0.25) is 0 Å². The third-order valence-electron chi connectivity index (χ3n) is 5.51. The van der Waals surface area contributed by atoms with Gasteiger partial charge in [0.2, 0.25) is 0 Å². The van der Waals surface area contributed by atoms with Crippen molar-refractivity contribution >= 4 is 23.4 Å². The molecule has 0 N–H and O–H groups in total. The van der Waals surface area contributed by atoms with Gasteiger partial charge in [-0.2, -0.15) is 0 Å². The van der Waals surface area contributed by atoms with Crippen LogP contribution in [0.5, 0.6) is 0 Å². The fourth-order valence-corrected chi connectivity index (χ4v) is 6.66. The molecule has 0 nitrogen and oxygen atoms in total. The minimum atomic E-state index is 0.353. The highest BCUT2D eigenvalue weighted by molar-refractivity contribution is 8.00. The molecule has 1 fully saturated rings. The van der Waals surface area contributed by atoms with Crippen molar-refractivity contribution in [1.82, 2.24) is 0 Å². The maximum Gasteiger partial charge on any atom is 0.0371 e. The van der Waals surface area contributed by atoms with E-state index >= 15 is 0 Å². The Balaban J connectivity index is 1.64. The Hall–Kier alpha value is -0.140. The average Bonchev–Trinajstić information content (AvgIpc) is 2.79. The van der Waals surface area contributed by atoms with Gasteiger partial charge in [0.1, 0.15) is 0 Å². The van der Waals surface area contributed by atoms with E-state index in [-0.39, 0.29) is 0 Å². The van der Waals surface area contributed by atoms with E-state index < -0.39 is 0 Å². The second-order valence-electron chi connectivity index (χ2n) is 7.79. The van der Waals surface area contributed by atoms with Crippen molar-refractivity contribution in [2.75, 3.05) is 0 Å². The Kier molecular flexibility index (Phi) is 4.62. The van der Waals surface area contributed by atoms with Gasteiger partial charge in [0.25, 0.3) is 0 Å². The monoisotopic (exact) mass is 322 g/mol. The first-order valence-corrected chi connectivity index (χ1v) is 9.66. The van der Waals surface area contributed by atoms with E-state index in [0.717, 1.165) is 11.2 Å². The second-order valence-corrected chi connectivity index (χ2v) is 9.69. The molecule has 1 aliphatic carbocycles. The molecular formula is C19H27ClS. The fraction of sp³-hybridized carbons (Fsp3) is 0.684. The third kappa shape index (κ3) is 3.45. The number of alkyl halides is 1. The molecule has 21 heavy (non-hydrogen) atoms. The number of fused-ring (bicyclic) bond motifs is 1. The minimum absolute atomic E-state index is 0.353. The molecule has 0 amide bonds. The topological polar surface area (TPSA) is 0 Å². The highest BCUT2D eigenvalue weighted by atomic mass is 35.5. The van der Waals surface area contributed by atoms with Crippen molar-refractivity contribution < 1.29 is 0 Å². The average molecular weight is 323 g/mol. The second kappa shape index (κ2) is 6.16. The van der Waals surface area contributed by atoms with Crippen LogP contribution in [0.1, 0.15) is 52.0 Å². The SMILES string of the molecule is CC1CCC(C(C)(C)CC2Cc3ccccc3S2)C(Cl)C1. The summed E-state index contributed by atoms with van der Waals surface area (Å²) in [5.41, 5.74) is 1.90. The van der Waals surface area contributed by atoms with Gasteiger partial charge in [-0.05, 0) is 54.6 Å². The van der Waals surface area contributed by atoms with Gasteiger partial charge < -0.3 is 0 Å². The molecule has 116 valence electrons. The lowest BCUT2D eigenvalue weighted by atomic mass is 9.66. The molecular weight excluding hydrogens is 296 g/mol. The summed E-state index contributed by atoms with van der Waals surface area (Å²) in [6.07, 6.45) is 6.39. The van der Waals surface area contributed by atoms with Crippen molar-refractivity contribution in [2.45, 2.75) is 68.4 Å². The van der Waals surface area contributed by atoms with Gasteiger partial charge in [-0.3, -0.25) is 0 Å². The Morgan fingerprint density at radius 2 is 2.00 bits per heavy atom. The van der Waals surface area contributed by atoms with Crippen molar-refractivity contribution in [3.05, 3.63) is 29.8 Å². The molecule has 1 aliphatic heterocycles. The molecule has 0 aromatic heterocycles. The van der Waals surface area contributed by atoms with Crippen LogP contribution in [0.4, 0.5) is 0 Å². The van der Waals surface area contributed by atoms with Crippen LogP contribution in [-0.2, 0) is 6.42 Å². The van der Waals surface area contributed by atoms with Crippen LogP contribution >= 0.6 is 23.4 Å². The lowest BCUT2D eigenvalue weighted by Crippen LogP contribution is -2.37. The van der Waals surface area contributed by atoms with E-state index in [4.69, 9.17) is 11.6 Å². The molecule has 4 unspecified atom stereocenters. The highest BCUT2D eigenvalue weighted by Crippen LogP contribution is 2.49. The van der Waals surface area contributed by atoms with Crippen molar-refractivity contribution in [2.24, 2.45) is 17.3 Å². The highest BCUT2D eigenvalue weighted by Gasteiger charge is 2.40. The van der Waals surface area contributed by atoms with Gasteiger partial charge in [-0.1, -0.05) is 45.4 Å². The number of halogens is 1. The van der Waals surface area contributed by atoms with Crippen molar-refractivity contribution in [3.63, 3.8) is 0 Å². The van der Waals surface area contributed by atoms with Crippen LogP contribution in [-0.4, -0.2) is 10.6 Å². The number of rotatable bonds is 3. The molecule has 0 bridgehead atoms. The van der Waals surface area contributed by atoms with Crippen LogP contribution < -0.4 is 0 Å². The van der Waals surface area contributed by atoms with Crippen LogP contribution in [0.3, 0.4) is 0 Å². The summed E-state index contributed by atoms with van der Waals surface area (Å²) in [6, 6.07) is 8.91. The molecule has 1 heterocycles. The molecule has 1 aromatic rings. The predicted molar refractivity (Wildman–Crippen MR) is 94.3 cm³/mol. The minimum Gasteiger partial charge on any atom is -0.123 e. The van der Waals surface area contributed by atoms with Crippen molar-refractivity contribution in [1.29, 1.82) is 0 Å². The van der Waals surface area contributed by atoms with E-state index in [1.165, 1.54) is 37.0 Å². The van der Waals surface area contributed by atoms with Gasteiger partial charge in [-0.25, -0.2) is 0 Å². The standard InChI is InChI=1S/C19H27ClS/c1-13-8-9-16(17(20)10-13)19(2,3)12-15-11-14-6-4-5-7-18(14)21-15/h4-7,13,15-17H,8-12H2,1-3H3. The first-order valence-electron chi connectivity index (χ1n) is 8.34. The summed E-state index contributed by atoms with van der Waals surface area (Å²) < 4.78 is 0. The molecule has 1 aromatic carbocycles. The summed E-state index contributed by atoms with van der Waals surface area (Å²) in [4.78, 5) is 1.50. The van der Waals surface area contributed by atoms with Crippen LogP contribution in [0.25, 0.3) is 0 Å². The zero-order valence-electron chi connectivity index (χ0n) is 13.4. The predicted octanol–water partition coefficient (Wildman–Crippen LogP) is 6.16. The third-order valence-corrected chi connectivity index (χ3v) is 7.31. The Bertz CT molecular complexity index is 471. The zero-order valence-corrected chi connectivity index (χ0v) is 15.0. The van der Waals surface area contributed by atoms with Gasteiger partial charge in [0.15, 0.2) is 0 Å². The number of thioether (sulfide) groups is 1. The van der Waals surface area contributed by atoms with Gasteiger partial charge >= 0.3 is 0 Å². The molecule has 1 saturated carbocycles. The lowest BCUT2D eigenvalue weighted by molar-refractivity contribution is 0.131. The maximum atomic E-state index is 6.73. The Morgan fingerprint density at radius 3 is 2.71 bits per heavy atom. The first-order chi connectivity index (χ1) is 9.95. The van der Waals surface area contributed by atoms with Crippen LogP contribution in [0, 0.1) is 17.3 Å². The summed E-state index contributed by atoms with van der Waals surface area (Å²) >= 11 is 8.82. The molecule has 2 aliphatic rings. The van der Waals surface area contributed by atoms with E-state index in [0.29, 0.717) is 16.7 Å². The summed E-state index contributed by atoms with van der Waals surface area (Å²) in [6.45, 7) is 7.25. The lowest BCUT2D eigenvalue weighted by Gasteiger charge is -2.43. The molecule has 0 radical (unpaired) electrons. The van der Waals surface area contributed by atoms with E-state index in [1.807, 2.05) is 0 Å². The van der Waals surface area contributed by atoms with Gasteiger partial charge in [0, 0.05) is 15.5 Å². The number of benzene rings is 1. The fourth-order valence-electron chi connectivity index (χ4n) is 4.30. The van der Waals surface area contributed by atoms with Crippen molar-refractivity contribution in [3.8, 4) is 0 Å². The normalized spacial score (nSPS) is 33.0. The Labute approximate surface area is 139 Å². The molecule has 2 heteroatoms. The maximum absolute atomic E-state index is 6.73. The summed E-state index contributed by atoms with van der Waals surface area (Å²) in [5.74, 6) is 1.49.